The Morgan fingerprint density at radius 3 is 3.05 bits per heavy atom. The molecule has 0 aromatic carbocycles. The van der Waals surface area contributed by atoms with Gasteiger partial charge in [-0.05, 0) is 13.1 Å². The first kappa shape index (κ1) is 18.3. The molecule has 0 saturated carbocycles. The Labute approximate surface area is 143 Å². The summed E-state index contributed by atoms with van der Waals surface area (Å²) in [7, 11) is 0.180. The van der Waals surface area contributed by atoms with Crippen LogP contribution < -0.4 is 5.32 Å². The fourth-order valence-electron chi connectivity index (χ4n) is 2.02. The summed E-state index contributed by atoms with van der Waals surface area (Å²) in [5, 5.41) is 2.84. The molecule has 1 saturated heterocycles. The minimum absolute atomic E-state index is 0.0400. The van der Waals surface area contributed by atoms with Crippen LogP contribution in [0.3, 0.4) is 0 Å². The Balaban J connectivity index is 2.20. The van der Waals surface area contributed by atoms with Gasteiger partial charge in [0.25, 0.3) is 0 Å². The molecule has 9 heteroatoms. The molecule has 7 nitrogen and oxygen atoms in total. The van der Waals surface area contributed by atoms with Crippen LogP contribution in [-0.4, -0.2) is 59.9 Å². The second-order valence-corrected chi connectivity index (χ2v) is 10.4. The van der Waals surface area contributed by atoms with Gasteiger partial charge in [0.15, 0.2) is 8.32 Å². The number of ether oxygens (including phenoxy) is 2. The topological polar surface area (TPSA) is 78.4 Å². The molecule has 1 fully saturated rings. The fraction of sp³-hybridized carbons (Fsp3) is 0.923. The molecule has 0 aliphatic carbocycles. The Kier molecular flexibility index (Phi) is 8.83. The molecule has 0 aromatic heterocycles. The number of carbonyl (C=O) groups is 1. The Morgan fingerprint density at radius 2 is 2.36 bits per heavy atom. The number of amides is 1. The van der Waals surface area contributed by atoms with E-state index in [9.17, 15) is 4.79 Å². The SMILES string of the molecule is [3H]C1CC(OCC(=O)NCCC[Si](C)(C)OC)C(CO[N]=[V])O1. The molecule has 1 amide bonds. The molecular formula is C13H26N2O5SiV. The van der Waals surface area contributed by atoms with Crippen molar-refractivity contribution in [1.82, 2.24) is 5.32 Å². The van der Waals surface area contributed by atoms with Gasteiger partial charge in [-0.1, -0.05) is 0 Å². The van der Waals surface area contributed by atoms with Gasteiger partial charge in [0.2, 0.25) is 0 Å². The molecule has 127 valence electrons. The molecule has 0 radical (unpaired) electrons. The number of nitrogens with one attached hydrogen (secondary N) is 1. The zero-order valence-corrected chi connectivity index (χ0v) is 15.8. The van der Waals surface area contributed by atoms with E-state index in [0.717, 1.165) is 12.5 Å². The van der Waals surface area contributed by atoms with Gasteiger partial charge in [-0.25, -0.2) is 0 Å². The van der Waals surface area contributed by atoms with Crippen molar-refractivity contribution in [3.8, 4) is 0 Å². The molecule has 22 heavy (non-hydrogen) atoms. The molecule has 1 heterocycles. The van der Waals surface area contributed by atoms with Crippen molar-refractivity contribution in [2.45, 2.75) is 44.2 Å². The summed E-state index contributed by atoms with van der Waals surface area (Å²) in [6.45, 7) is 4.44. The molecule has 1 N–H and O–H groups in total. The first-order chi connectivity index (χ1) is 10.9. The standard InChI is InChI=1S/C13H26N2O5Si.V/c1-17-21(2,3)8-4-6-15-13(16)10-19-11-5-7-18-12(11)9-20-14;/h11-12H,4-10H2,1-3H3,(H,15,16);/i7T;. The summed E-state index contributed by atoms with van der Waals surface area (Å²) >= 11 is 1.95. The predicted molar refractivity (Wildman–Crippen MR) is 79.4 cm³/mol. The van der Waals surface area contributed by atoms with Gasteiger partial charge in [-0.3, -0.25) is 0 Å². The molecular weight excluding hydrogens is 343 g/mol. The first-order valence-corrected chi connectivity index (χ1v) is 11.1. The summed E-state index contributed by atoms with van der Waals surface area (Å²) in [4.78, 5) is 16.7. The Morgan fingerprint density at radius 1 is 1.59 bits per heavy atom. The van der Waals surface area contributed by atoms with E-state index in [1.54, 1.807) is 7.11 Å². The van der Waals surface area contributed by atoms with E-state index in [-0.39, 0.29) is 31.3 Å². The third-order valence-electron chi connectivity index (χ3n) is 3.57. The zero-order chi connectivity index (χ0) is 17.3. The number of hydrogen-bond acceptors (Lipinski definition) is 6. The number of hydrogen-bond donors (Lipinski definition) is 1. The Hall–Kier alpha value is -0.0887. The molecule has 3 atom stereocenters. The molecule has 1 aliphatic heterocycles. The van der Waals surface area contributed by atoms with Crippen LogP contribution in [0.15, 0.2) is 3.95 Å². The van der Waals surface area contributed by atoms with Crippen LogP contribution in [0.5, 0.6) is 0 Å². The average Bonchev–Trinajstić information content (AvgIpc) is 2.87. The second kappa shape index (κ2) is 10.6. The van der Waals surface area contributed by atoms with E-state index < -0.39 is 14.9 Å². The molecule has 0 spiro atoms. The maximum atomic E-state index is 11.8. The van der Waals surface area contributed by atoms with E-state index in [1.165, 1.54) is 0 Å². The van der Waals surface area contributed by atoms with Gasteiger partial charge < -0.3 is 4.43 Å². The summed E-state index contributed by atoms with van der Waals surface area (Å²) in [6.07, 6.45) is 0.629. The van der Waals surface area contributed by atoms with Crippen LogP contribution in [0.25, 0.3) is 0 Å². The molecule has 3 unspecified atom stereocenters. The van der Waals surface area contributed by atoms with Crippen molar-refractivity contribution in [2.24, 2.45) is 3.95 Å². The van der Waals surface area contributed by atoms with E-state index in [1.807, 2.05) is 17.2 Å². The molecule has 1 aliphatic rings. The van der Waals surface area contributed by atoms with Gasteiger partial charge in [0.05, 0.1) is 0 Å². The number of nitrogens with zero attached hydrogens (tertiary/aromatic N) is 1. The van der Waals surface area contributed by atoms with Crippen molar-refractivity contribution < 1.29 is 42.1 Å². The van der Waals surface area contributed by atoms with Gasteiger partial charge in [0, 0.05) is 7.11 Å². The van der Waals surface area contributed by atoms with Crippen LogP contribution in [0.1, 0.15) is 14.2 Å². The van der Waals surface area contributed by atoms with Crippen molar-refractivity contribution >= 4 is 14.2 Å². The summed E-state index contributed by atoms with van der Waals surface area (Å²) < 4.78 is 27.5. The van der Waals surface area contributed by atoms with Crippen molar-refractivity contribution in [1.29, 1.82) is 0 Å². The van der Waals surface area contributed by atoms with E-state index >= 15 is 0 Å². The van der Waals surface area contributed by atoms with Crippen molar-refractivity contribution in [2.75, 3.05) is 33.5 Å². The average molecular weight is 371 g/mol. The maximum absolute atomic E-state index is 11.8. The summed E-state index contributed by atoms with van der Waals surface area (Å²) in [5.41, 5.74) is 0. The van der Waals surface area contributed by atoms with Crippen LogP contribution in [0.4, 0.5) is 0 Å². The Bertz CT molecular complexity index is 391. The van der Waals surface area contributed by atoms with Crippen LogP contribution in [0.2, 0.25) is 19.1 Å². The number of carbonyl (C=O) groups excluding carboxylic acids is 1. The molecule has 0 aromatic rings. The quantitative estimate of drug-likeness (QED) is 0.335. The van der Waals surface area contributed by atoms with E-state index in [0.29, 0.717) is 13.0 Å². The second-order valence-electron chi connectivity index (χ2n) is 5.72. The van der Waals surface area contributed by atoms with Gasteiger partial charge in [-0.2, -0.15) is 0 Å². The molecule has 1 rings (SSSR count). The number of rotatable bonds is 11. The fourth-order valence-corrected chi connectivity index (χ4v) is 3.36. The minimum atomic E-state index is -1.56. The van der Waals surface area contributed by atoms with E-state index in [4.69, 9.17) is 20.1 Å². The monoisotopic (exact) mass is 371 g/mol. The van der Waals surface area contributed by atoms with Crippen LogP contribution in [-0.2, 0) is 40.8 Å². The summed E-state index contributed by atoms with van der Waals surface area (Å²) in [6, 6.07) is 1.00. The van der Waals surface area contributed by atoms with Crippen LogP contribution >= 0.6 is 0 Å². The normalized spacial score (nSPS) is 25.7. The van der Waals surface area contributed by atoms with Crippen molar-refractivity contribution in [3.05, 3.63) is 0 Å². The van der Waals surface area contributed by atoms with Crippen molar-refractivity contribution in [3.63, 3.8) is 0 Å². The third kappa shape index (κ3) is 7.96. The predicted octanol–water partition coefficient (Wildman–Crippen LogP) is 1.18. The third-order valence-corrected chi connectivity index (χ3v) is 6.41. The molecule has 0 bridgehead atoms. The van der Waals surface area contributed by atoms with Gasteiger partial charge in [-0.15, -0.1) is 0 Å². The summed E-state index contributed by atoms with van der Waals surface area (Å²) in [5.74, 6) is -0.160. The van der Waals surface area contributed by atoms with Crippen LogP contribution in [0, 0.1) is 0 Å². The van der Waals surface area contributed by atoms with Gasteiger partial charge >= 0.3 is 110 Å². The zero-order valence-electron chi connectivity index (χ0n) is 14.4. The first-order valence-electron chi connectivity index (χ1n) is 7.93. The van der Waals surface area contributed by atoms with E-state index in [2.05, 4.69) is 22.4 Å². The van der Waals surface area contributed by atoms with Gasteiger partial charge in [0.1, 0.15) is 0 Å².